The summed E-state index contributed by atoms with van der Waals surface area (Å²) in [6.45, 7) is 0.309. The molecule has 2 aromatic heterocycles. The van der Waals surface area contributed by atoms with Gasteiger partial charge in [0.2, 0.25) is 5.91 Å². The number of nitrogens with zero attached hydrogens (tertiary/aromatic N) is 3. The highest BCUT2D eigenvalue weighted by molar-refractivity contribution is 7.91. The van der Waals surface area contributed by atoms with Crippen LogP contribution in [0, 0.1) is 0 Å². The Morgan fingerprint density at radius 1 is 0.971 bits per heavy atom. The summed E-state index contributed by atoms with van der Waals surface area (Å²) < 4.78 is 36.7. The first-order valence-electron chi connectivity index (χ1n) is 10.9. The number of rotatable bonds is 10. The van der Waals surface area contributed by atoms with E-state index in [0.29, 0.717) is 23.2 Å². The molecule has 182 valence electrons. The molecule has 0 aliphatic heterocycles. The monoisotopic (exact) mass is 511 g/mol. The van der Waals surface area contributed by atoms with Crippen molar-refractivity contribution in [1.82, 2.24) is 9.97 Å². The van der Waals surface area contributed by atoms with E-state index in [0.717, 1.165) is 15.8 Å². The van der Waals surface area contributed by atoms with Gasteiger partial charge in [-0.1, -0.05) is 11.3 Å². The van der Waals surface area contributed by atoms with Gasteiger partial charge in [-0.3, -0.25) is 14.7 Å². The van der Waals surface area contributed by atoms with Crippen molar-refractivity contribution in [3.8, 4) is 11.5 Å². The number of carbonyl (C=O) groups is 1. The molecular formula is C25H25N3O5S2. The maximum atomic E-state index is 13.3. The lowest BCUT2D eigenvalue weighted by Gasteiger charge is -2.20. The number of anilines is 1. The van der Waals surface area contributed by atoms with Crippen LogP contribution < -0.4 is 14.4 Å². The van der Waals surface area contributed by atoms with Crippen LogP contribution in [0.15, 0.2) is 71.9 Å². The third kappa shape index (κ3) is 5.95. The Balaban J connectivity index is 1.51. The van der Waals surface area contributed by atoms with Crippen molar-refractivity contribution in [2.45, 2.75) is 24.3 Å². The van der Waals surface area contributed by atoms with Gasteiger partial charge < -0.3 is 9.47 Å². The number of ether oxygens (including phenoxy) is 2. The summed E-state index contributed by atoms with van der Waals surface area (Å²) in [4.78, 5) is 23.8. The van der Waals surface area contributed by atoms with Crippen LogP contribution >= 0.6 is 11.3 Å². The van der Waals surface area contributed by atoms with Crippen molar-refractivity contribution in [2.75, 3.05) is 24.9 Å². The molecule has 0 atom stereocenters. The van der Waals surface area contributed by atoms with Crippen LogP contribution in [0.3, 0.4) is 0 Å². The second kappa shape index (κ2) is 10.8. The maximum absolute atomic E-state index is 13.3. The minimum atomic E-state index is -3.52. The lowest BCUT2D eigenvalue weighted by atomic mass is 10.2. The van der Waals surface area contributed by atoms with Gasteiger partial charge in [-0.05, 0) is 66.6 Å². The van der Waals surface area contributed by atoms with Gasteiger partial charge in [0, 0.05) is 18.8 Å². The summed E-state index contributed by atoms with van der Waals surface area (Å²) in [5.74, 6) is 0.964. The number of carbonyl (C=O) groups excluding carboxylic acids is 1. The Bertz CT molecular complexity index is 1400. The average molecular weight is 512 g/mol. The molecule has 0 saturated heterocycles. The summed E-state index contributed by atoms with van der Waals surface area (Å²) in [6.07, 6.45) is 3.60. The van der Waals surface area contributed by atoms with E-state index in [9.17, 15) is 13.2 Å². The van der Waals surface area contributed by atoms with E-state index in [1.165, 1.54) is 30.6 Å². The van der Waals surface area contributed by atoms with E-state index in [4.69, 9.17) is 9.47 Å². The molecule has 35 heavy (non-hydrogen) atoms. The fourth-order valence-corrected chi connectivity index (χ4v) is 5.84. The summed E-state index contributed by atoms with van der Waals surface area (Å²) in [5.41, 5.74) is 1.66. The van der Waals surface area contributed by atoms with Crippen molar-refractivity contribution in [3.63, 3.8) is 0 Å². The van der Waals surface area contributed by atoms with Crippen LogP contribution in [0.5, 0.6) is 11.5 Å². The largest absolute Gasteiger partial charge is 0.497 e. The molecule has 2 heterocycles. The molecule has 0 unspecified atom stereocenters. The minimum absolute atomic E-state index is 0.0692. The number of hydrogen-bond acceptors (Lipinski definition) is 8. The molecule has 0 aliphatic carbocycles. The molecule has 0 saturated carbocycles. The van der Waals surface area contributed by atoms with E-state index >= 15 is 0 Å². The number of sulfone groups is 1. The normalized spacial score (nSPS) is 11.4. The van der Waals surface area contributed by atoms with Crippen molar-refractivity contribution in [3.05, 3.63) is 72.6 Å². The molecule has 1 amide bonds. The van der Waals surface area contributed by atoms with Gasteiger partial charge >= 0.3 is 0 Å². The minimum Gasteiger partial charge on any atom is -0.497 e. The van der Waals surface area contributed by atoms with Crippen LogP contribution in [-0.2, 0) is 21.2 Å². The topological polar surface area (TPSA) is 98.7 Å². The Hall–Kier alpha value is -3.50. The van der Waals surface area contributed by atoms with Gasteiger partial charge in [-0.2, -0.15) is 0 Å². The van der Waals surface area contributed by atoms with Crippen molar-refractivity contribution in [1.29, 1.82) is 0 Å². The molecule has 0 radical (unpaired) electrons. The van der Waals surface area contributed by atoms with Crippen molar-refractivity contribution < 1.29 is 22.7 Å². The second-order valence-corrected chi connectivity index (χ2v) is 10.9. The Morgan fingerprint density at radius 2 is 1.66 bits per heavy atom. The lowest BCUT2D eigenvalue weighted by Crippen LogP contribution is -2.30. The van der Waals surface area contributed by atoms with Gasteiger partial charge in [0.05, 0.1) is 41.6 Å². The number of aromatic nitrogens is 2. The number of amides is 1. The summed E-state index contributed by atoms with van der Waals surface area (Å²) >= 11 is 1.39. The van der Waals surface area contributed by atoms with Crippen molar-refractivity contribution in [2.24, 2.45) is 0 Å². The smallest absolute Gasteiger partial charge is 0.229 e. The van der Waals surface area contributed by atoms with E-state index in [1.54, 1.807) is 36.5 Å². The molecule has 2 aromatic carbocycles. The molecule has 0 aliphatic rings. The zero-order valence-electron chi connectivity index (χ0n) is 19.4. The Morgan fingerprint density at radius 3 is 2.34 bits per heavy atom. The van der Waals surface area contributed by atoms with E-state index in [1.807, 2.05) is 30.3 Å². The SMILES string of the molecule is COc1ccc(S(=O)(=O)CCCC(=O)N(Cc2ccncc2)c2nc3ccc(OC)cc3s2)cc1. The quantitative estimate of drug-likeness (QED) is 0.309. The zero-order valence-corrected chi connectivity index (χ0v) is 21.0. The number of fused-ring (bicyclic) bond motifs is 1. The van der Waals surface area contributed by atoms with E-state index < -0.39 is 9.84 Å². The molecular weight excluding hydrogens is 486 g/mol. The zero-order chi connectivity index (χ0) is 24.8. The fraction of sp³-hybridized carbons (Fsp3) is 0.240. The van der Waals surface area contributed by atoms with Gasteiger partial charge in [-0.15, -0.1) is 0 Å². The molecule has 0 spiro atoms. The Labute approximate surface area is 208 Å². The summed E-state index contributed by atoms with van der Waals surface area (Å²) in [7, 11) is -0.398. The van der Waals surface area contributed by atoms with E-state index in [-0.39, 0.29) is 29.4 Å². The highest BCUT2D eigenvalue weighted by Crippen LogP contribution is 2.32. The van der Waals surface area contributed by atoms with Gasteiger partial charge in [0.15, 0.2) is 15.0 Å². The number of hydrogen-bond donors (Lipinski definition) is 0. The predicted molar refractivity (Wildman–Crippen MR) is 136 cm³/mol. The van der Waals surface area contributed by atoms with Crippen LogP contribution in [0.4, 0.5) is 5.13 Å². The highest BCUT2D eigenvalue weighted by Gasteiger charge is 2.22. The Kier molecular flexibility index (Phi) is 7.62. The third-order valence-corrected chi connectivity index (χ3v) is 8.29. The summed E-state index contributed by atoms with van der Waals surface area (Å²) in [5, 5.41) is 0.549. The first-order chi connectivity index (χ1) is 16.9. The first-order valence-corrected chi connectivity index (χ1v) is 13.4. The van der Waals surface area contributed by atoms with Gasteiger partial charge in [-0.25, -0.2) is 13.4 Å². The van der Waals surface area contributed by atoms with Crippen molar-refractivity contribution >= 4 is 42.4 Å². The number of methoxy groups -OCH3 is 2. The van der Waals surface area contributed by atoms with Crippen LogP contribution in [-0.4, -0.2) is 44.3 Å². The molecule has 4 rings (SSSR count). The molecule has 10 heteroatoms. The summed E-state index contributed by atoms with van der Waals surface area (Å²) in [6, 6.07) is 15.5. The first kappa shape index (κ1) is 24.6. The third-order valence-electron chi connectivity index (χ3n) is 5.43. The molecule has 0 bridgehead atoms. The second-order valence-electron chi connectivity index (χ2n) is 7.76. The number of benzene rings is 2. The van der Waals surface area contributed by atoms with E-state index in [2.05, 4.69) is 9.97 Å². The standard InChI is InChI=1S/C25H25N3O5S2/c1-32-19-5-8-21(9-6-19)35(30,31)15-3-4-24(29)28(17-18-11-13-26-14-12-18)25-27-22-10-7-20(33-2)16-23(22)34-25/h5-14,16H,3-4,15,17H2,1-2H3. The van der Waals surface area contributed by atoms with Gasteiger partial charge in [0.1, 0.15) is 11.5 Å². The van der Waals surface area contributed by atoms with Crippen LogP contribution in [0.2, 0.25) is 0 Å². The molecule has 8 nitrogen and oxygen atoms in total. The predicted octanol–water partition coefficient (Wildman–Crippen LogP) is 4.50. The fourth-order valence-electron chi connectivity index (χ4n) is 3.52. The number of thiazole rings is 1. The number of pyridine rings is 1. The molecule has 0 fully saturated rings. The van der Waals surface area contributed by atoms with Crippen LogP contribution in [0.25, 0.3) is 10.2 Å². The average Bonchev–Trinajstić information content (AvgIpc) is 3.30. The molecule has 4 aromatic rings. The highest BCUT2D eigenvalue weighted by atomic mass is 32.2. The van der Waals surface area contributed by atoms with Crippen LogP contribution in [0.1, 0.15) is 18.4 Å². The molecule has 0 N–H and O–H groups in total. The lowest BCUT2D eigenvalue weighted by molar-refractivity contribution is -0.118. The van der Waals surface area contributed by atoms with Gasteiger partial charge in [0.25, 0.3) is 0 Å². The maximum Gasteiger partial charge on any atom is 0.229 e.